The number of aromatic nitrogens is 2. The number of nitrogens with one attached hydrogen (secondary N) is 1. The number of hydrogen-bond donors (Lipinski definition) is 1. The molecule has 3 aromatic rings. The van der Waals surface area contributed by atoms with Crippen LogP contribution in [0.3, 0.4) is 0 Å². The SMILES string of the molecule is CCCCOC(=O)c1cc(=O)c2c(cc(OCCCC)c3ncccc32)[nH]1. The summed E-state index contributed by atoms with van der Waals surface area (Å²) in [6, 6.07) is 6.65. The summed E-state index contributed by atoms with van der Waals surface area (Å²) < 4.78 is 11.1. The second-order valence-electron chi connectivity index (χ2n) is 6.44. The minimum absolute atomic E-state index is 0.145. The Bertz CT molecular complexity index is 1010. The van der Waals surface area contributed by atoms with Gasteiger partial charge >= 0.3 is 5.97 Å². The maximum atomic E-state index is 12.7. The van der Waals surface area contributed by atoms with Gasteiger partial charge in [-0.05, 0) is 18.9 Å². The number of ether oxygens (including phenoxy) is 2. The van der Waals surface area contributed by atoms with Crippen molar-refractivity contribution in [2.24, 2.45) is 0 Å². The lowest BCUT2D eigenvalue weighted by Crippen LogP contribution is -2.14. The highest BCUT2D eigenvalue weighted by molar-refractivity contribution is 6.08. The number of carbonyl (C=O) groups is 1. The van der Waals surface area contributed by atoms with Gasteiger partial charge in [0.25, 0.3) is 0 Å². The van der Waals surface area contributed by atoms with Gasteiger partial charge in [-0.1, -0.05) is 32.8 Å². The summed E-state index contributed by atoms with van der Waals surface area (Å²) in [5.41, 5.74) is 1.08. The van der Waals surface area contributed by atoms with Crippen molar-refractivity contribution in [3.63, 3.8) is 0 Å². The van der Waals surface area contributed by atoms with Gasteiger partial charge in [0, 0.05) is 23.7 Å². The van der Waals surface area contributed by atoms with Crippen molar-refractivity contribution in [2.45, 2.75) is 39.5 Å². The molecule has 2 heterocycles. The molecule has 0 fully saturated rings. The first-order valence-electron chi connectivity index (χ1n) is 9.40. The number of carbonyl (C=O) groups excluding carboxylic acids is 1. The Kier molecular flexibility index (Phi) is 6.06. The molecule has 0 saturated heterocycles. The third kappa shape index (κ3) is 4.10. The predicted molar refractivity (Wildman–Crippen MR) is 105 cm³/mol. The molecule has 2 aromatic heterocycles. The first-order chi connectivity index (χ1) is 13.2. The van der Waals surface area contributed by atoms with Gasteiger partial charge in [-0.3, -0.25) is 9.78 Å². The molecular weight excluding hydrogens is 344 g/mol. The van der Waals surface area contributed by atoms with E-state index in [9.17, 15) is 9.59 Å². The molecule has 1 N–H and O–H groups in total. The number of esters is 1. The van der Waals surface area contributed by atoms with E-state index in [0.29, 0.717) is 40.8 Å². The zero-order chi connectivity index (χ0) is 19.2. The van der Waals surface area contributed by atoms with Crippen LogP contribution in [0.5, 0.6) is 5.75 Å². The second-order valence-corrected chi connectivity index (χ2v) is 6.44. The van der Waals surface area contributed by atoms with Crippen LogP contribution in [0.4, 0.5) is 0 Å². The molecule has 142 valence electrons. The Morgan fingerprint density at radius 2 is 1.93 bits per heavy atom. The van der Waals surface area contributed by atoms with Crippen molar-refractivity contribution in [2.75, 3.05) is 13.2 Å². The second kappa shape index (κ2) is 8.66. The molecule has 0 amide bonds. The van der Waals surface area contributed by atoms with Crippen molar-refractivity contribution in [1.29, 1.82) is 0 Å². The first-order valence-corrected chi connectivity index (χ1v) is 9.40. The average Bonchev–Trinajstić information content (AvgIpc) is 2.67. The first kappa shape index (κ1) is 18.9. The van der Waals surface area contributed by atoms with Gasteiger partial charge in [0.15, 0.2) is 5.43 Å². The van der Waals surface area contributed by atoms with E-state index in [2.05, 4.69) is 16.9 Å². The summed E-state index contributed by atoms with van der Waals surface area (Å²) in [6.07, 6.45) is 5.33. The quantitative estimate of drug-likeness (QED) is 0.366. The zero-order valence-corrected chi connectivity index (χ0v) is 15.7. The third-order valence-corrected chi connectivity index (χ3v) is 4.35. The Morgan fingerprint density at radius 1 is 1.15 bits per heavy atom. The monoisotopic (exact) mass is 368 g/mol. The van der Waals surface area contributed by atoms with Gasteiger partial charge in [0.1, 0.15) is 17.0 Å². The molecular formula is C21H24N2O4. The number of fused-ring (bicyclic) bond motifs is 3. The molecule has 27 heavy (non-hydrogen) atoms. The molecule has 0 aliphatic heterocycles. The Hall–Kier alpha value is -2.89. The highest BCUT2D eigenvalue weighted by Crippen LogP contribution is 2.30. The van der Waals surface area contributed by atoms with E-state index < -0.39 is 5.97 Å². The molecule has 6 nitrogen and oxygen atoms in total. The summed E-state index contributed by atoms with van der Waals surface area (Å²) in [4.78, 5) is 32.4. The minimum Gasteiger partial charge on any atom is -0.491 e. The van der Waals surface area contributed by atoms with E-state index in [-0.39, 0.29) is 11.1 Å². The number of aromatic amines is 1. The molecule has 0 saturated carbocycles. The van der Waals surface area contributed by atoms with Crippen molar-refractivity contribution >= 4 is 27.8 Å². The Labute approximate surface area is 157 Å². The summed E-state index contributed by atoms with van der Waals surface area (Å²) >= 11 is 0. The van der Waals surface area contributed by atoms with Crippen LogP contribution in [0, 0.1) is 0 Å². The predicted octanol–water partition coefficient (Wildman–Crippen LogP) is 4.21. The van der Waals surface area contributed by atoms with E-state index in [0.717, 1.165) is 25.7 Å². The molecule has 6 heteroatoms. The summed E-state index contributed by atoms with van der Waals surface area (Å²) in [6.45, 7) is 5.01. The molecule has 3 rings (SSSR count). The van der Waals surface area contributed by atoms with E-state index >= 15 is 0 Å². The molecule has 0 atom stereocenters. The maximum Gasteiger partial charge on any atom is 0.354 e. The largest absolute Gasteiger partial charge is 0.491 e. The van der Waals surface area contributed by atoms with Crippen molar-refractivity contribution in [3.05, 3.63) is 46.4 Å². The molecule has 0 aliphatic rings. The summed E-state index contributed by atoms with van der Waals surface area (Å²) in [5.74, 6) is 0.0703. The topological polar surface area (TPSA) is 81.3 Å². The van der Waals surface area contributed by atoms with Gasteiger partial charge in [-0.15, -0.1) is 0 Å². The van der Waals surface area contributed by atoms with Crippen LogP contribution in [0.15, 0.2) is 35.3 Å². The van der Waals surface area contributed by atoms with Crippen LogP contribution >= 0.6 is 0 Å². The van der Waals surface area contributed by atoms with Crippen LogP contribution in [-0.2, 0) is 4.74 Å². The molecule has 0 aliphatic carbocycles. The lowest BCUT2D eigenvalue weighted by atomic mass is 10.1. The third-order valence-electron chi connectivity index (χ3n) is 4.35. The van der Waals surface area contributed by atoms with Crippen LogP contribution < -0.4 is 10.2 Å². The van der Waals surface area contributed by atoms with Crippen molar-refractivity contribution in [3.8, 4) is 5.75 Å². The Balaban J connectivity index is 2.08. The van der Waals surface area contributed by atoms with E-state index in [1.165, 1.54) is 6.07 Å². The van der Waals surface area contributed by atoms with Crippen LogP contribution in [0.25, 0.3) is 21.8 Å². The number of hydrogen-bond acceptors (Lipinski definition) is 5. The van der Waals surface area contributed by atoms with E-state index in [1.54, 1.807) is 18.3 Å². The minimum atomic E-state index is -0.526. The molecule has 0 bridgehead atoms. The molecule has 1 aromatic carbocycles. The Morgan fingerprint density at radius 3 is 2.70 bits per heavy atom. The van der Waals surface area contributed by atoms with Crippen molar-refractivity contribution in [1.82, 2.24) is 9.97 Å². The van der Waals surface area contributed by atoms with Gasteiger partial charge in [-0.2, -0.15) is 0 Å². The lowest BCUT2D eigenvalue weighted by Gasteiger charge is -2.12. The number of pyridine rings is 2. The number of H-pyrrole nitrogens is 1. The van der Waals surface area contributed by atoms with E-state index in [1.807, 2.05) is 13.0 Å². The van der Waals surface area contributed by atoms with Gasteiger partial charge in [-0.25, -0.2) is 4.79 Å². The summed E-state index contributed by atoms with van der Waals surface area (Å²) in [5, 5.41) is 1.19. The number of benzene rings is 1. The lowest BCUT2D eigenvalue weighted by molar-refractivity contribution is 0.0493. The molecule has 0 unspecified atom stereocenters. The summed E-state index contributed by atoms with van der Waals surface area (Å²) in [7, 11) is 0. The number of nitrogens with zero attached hydrogens (tertiary/aromatic N) is 1. The van der Waals surface area contributed by atoms with Crippen molar-refractivity contribution < 1.29 is 14.3 Å². The highest BCUT2D eigenvalue weighted by atomic mass is 16.5. The van der Waals surface area contributed by atoms with Gasteiger partial charge in [0.2, 0.25) is 0 Å². The number of unbranched alkanes of at least 4 members (excludes halogenated alkanes) is 2. The van der Waals surface area contributed by atoms with Crippen LogP contribution in [0.2, 0.25) is 0 Å². The fourth-order valence-electron chi connectivity index (χ4n) is 2.90. The fourth-order valence-corrected chi connectivity index (χ4v) is 2.90. The number of rotatable bonds is 8. The fraction of sp³-hybridized carbons (Fsp3) is 0.381. The smallest absolute Gasteiger partial charge is 0.354 e. The van der Waals surface area contributed by atoms with Gasteiger partial charge in [0.05, 0.1) is 24.1 Å². The normalized spacial score (nSPS) is 11.0. The van der Waals surface area contributed by atoms with E-state index in [4.69, 9.17) is 9.47 Å². The van der Waals surface area contributed by atoms with Crippen LogP contribution in [-0.4, -0.2) is 29.2 Å². The zero-order valence-electron chi connectivity index (χ0n) is 15.7. The molecule has 0 spiro atoms. The van der Waals surface area contributed by atoms with Gasteiger partial charge < -0.3 is 14.5 Å². The maximum absolute atomic E-state index is 12.7. The highest BCUT2D eigenvalue weighted by Gasteiger charge is 2.16. The average molecular weight is 368 g/mol. The molecule has 0 radical (unpaired) electrons. The van der Waals surface area contributed by atoms with Crippen LogP contribution in [0.1, 0.15) is 50.0 Å². The standard InChI is InChI=1S/C21H24N2O4/c1-3-5-10-26-18-13-15-19(14-8-7-9-22-20(14)18)17(24)12-16(23-15)21(25)27-11-6-4-2/h7-9,12-13H,3-6,10-11H2,1-2H3,(H,23,24).